The van der Waals surface area contributed by atoms with Crippen LogP contribution in [-0.4, -0.2) is 25.3 Å². The lowest BCUT2D eigenvalue weighted by molar-refractivity contribution is -0.933. The van der Waals surface area contributed by atoms with E-state index in [1.807, 2.05) is 0 Å². The molecule has 0 amide bonds. The maximum atomic E-state index is 13.8. The number of quaternary nitrogens is 1. The van der Waals surface area contributed by atoms with Crippen molar-refractivity contribution in [2.45, 2.75) is 64.6 Å². The molecule has 2 rings (SSSR count). The molecule has 1 saturated heterocycles. The molecular weight excluding hydrogens is 201 g/mol. The standard InChI is InChI=1S/C14H26FN/c1-11-7-8-16(12(2)9-11)10-13-5-3-4-6-14(13)15/h11-14H,3-10H2,1-2H3/p+1. The second-order valence-corrected chi connectivity index (χ2v) is 6.20. The van der Waals surface area contributed by atoms with E-state index in [9.17, 15) is 4.39 Å². The van der Waals surface area contributed by atoms with Crippen LogP contribution in [0.2, 0.25) is 0 Å². The Bertz CT molecular complexity index is 219. The fraction of sp³-hybridized carbons (Fsp3) is 1.00. The van der Waals surface area contributed by atoms with E-state index in [1.54, 1.807) is 4.90 Å². The van der Waals surface area contributed by atoms with E-state index in [-0.39, 0.29) is 0 Å². The van der Waals surface area contributed by atoms with E-state index in [0.717, 1.165) is 37.8 Å². The summed E-state index contributed by atoms with van der Waals surface area (Å²) in [5, 5.41) is 0. The van der Waals surface area contributed by atoms with Crippen molar-refractivity contribution < 1.29 is 9.29 Å². The monoisotopic (exact) mass is 228 g/mol. The van der Waals surface area contributed by atoms with E-state index in [1.165, 1.54) is 25.8 Å². The minimum atomic E-state index is -0.507. The number of hydrogen-bond acceptors (Lipinski definition) is 0. The number of alkyl halides is 1. The molecule has 5 atom stereocenters. The second kappa shape index (κ2) is 5.48. The molecule has 1 aliphatic carbocycles. The highest BCUT2D eigenvalue weighted by atomic mass is 19.1. The van der Waals surface area contributed by atoms with Crippen LogP contribution in [0.25, 0.3) is 0 Å². The van der Waals surface area contributed by atoms with Crippen LogP contribution in [0.5, 0.6) is 0 Å². The predicted molar refractivity (Wildman–Crippen MR) is 65.4 cm³/mol. The normalized spacial score (nSPS) is 45.6. The zero-order valence-electron chi connectivity index (χ0n) is 10.8. The third-order valence-electron chi connectivity index (χ3n) is 4.75. The molecule has 2 fully saturated rings. The number of rotatable bonds is 2. The SMILES string of the molecule is CC1CC[NH+](CC2CCCCC2F)C(C)C1. The van der Waals surface area contributed by atoms with Crippen LogP contribution in [0.15, 0.2) is 0 Å². The smallest absolute Gasteiger partial charge is 0.108 e. The molecule has 2 aliphatic rings. The van der Waals surface area contributed by atoms with Crippen molar-refractivity contribution in [3.05, 3.63) is 0 Å². The molecule has 5 unspecified atom stereocenters. The van der Waals surface area contributed by atoms with Crippen LogP contribution in [0.4, 0.5) is 4.39 Å². The van der Waals surface area contributed by atoms with E-state index < -0.39 is 6.17 Å². The van der Waals surface area contributed by atoms with Gasteiger partial charge in [-0.2, -0.15) is 0 Å². The van der Waals surface area contributed by atoms with Crippen LogP contribution in [0.3, 0.4) is 0 Å². The molecule has 0 radical (unpaired) electrons. The predicted octanol–water partition coefficient (Wildman–Crippen LogP) is 2.22. The third kappa shape index (κ3) is 2.97. The molecule has 0 aromatic carbocycles. The lowest BCUT2D eigenvalue weighted by Crippen LogP contribution is -3.17. The summed E-state index contributed by atoms with van der Waals surface area (Å²) >= 11 is 0. The number of likely N-dealkylation sites (tertiary alicyclic amines) is 1. The Kier molecular flexibility index (Phi) is 4.23. The van der Waals surface area contributed by atoms with Gasteiger partial charge in [0.1, 0.15) is 6.17 Å². The van der Waals surface area contributed by atoms with Crippen LogP contribution in [0, 0.1) is 11.8 Å². The van der Waals surface area contributed by atoms with Crippen molar-refractivity contribution >= 4 is 0 Å². The van der Waals surface area contributed by atoms with E-state index in [4.69, 9.17) is 0 Å². The van der Waals surface area contributed by atoms with Gasteiger partial charge in [-0.05, 0) is 32.1 Å². The fourth-order valence-electron chi connectivity index (χ4n) is 3.60. The van der Waals surface area contributed by atoms with Crippen LogP contribution in [0.1, 0.15) is 52.4 Å². The first-order valence-corrected chi connectivity index (χ1v) is 7.15. The molecule has 0 bridgehead atoms. The number of nitrogens with one attached hydrogen (secondary N) is 1. The van der Waals surface area contributed by atoms with E-state index in [2.05, 4.69) is 13.8 Å². The van der Waals surface area contributed by atoms with Crippen molar-refractivity contribution in [2.75, 3.05) is 13.1 Å². The van der Waals surface area contributed by atoms with Crippen LogP contribution in [-0.2, 0) is 0 Å². The van der Waals surface area contributed by atoms with Gasteiger partial charge in [-0.1, -0.05) is 19.8 Å². The van der Waals surface area contributed by atoms with Gasteiger partial charge in [-0.15, -0.1) is 0 Å². The Labute approximate surface area is 99.4 Å². The number of piperidine rings is 1. The van der Waals surface area contributed by atoms with Gasteiger partial charge in [0, 0.05) is 12.3 Å². The Morgan fingerprint density at radius 1 is 1.12 bits per heavy atom. The summed E-state index contributed by atoms with van der Waals surface area (Å²) in [6.07, 6.45) is 6.48. The van der Waals surface area contributed by atoms with Gasteiger partial charge in [0.25, 0.3) is 0 Å². The van der Waals surface area contributed by atoms with Crippen molar-refractivity contribution in [3.63, 3.8) is 0 Å². The molecular formula is C14H27FN+. The number of halogens is 1. The molecule has 1 aliphatic heterocycles. The summed E-state index contributed by atoms with van der Waals surface area (Å²) in [5.41, 5.74) is 0. The fourth-order valence-corrected chi connectivity index (χ4v) is 3.60. The molecule has 16 heavy (non-hydrogen) atoms. The quantitative estimate of drug-likeness (QED) is 0.739. The first-order valence-electron chi connectivity index (χ1n) is 7.15. The maximum absolute atomic E-state index is 13.8. The molecule has 0 aromatic heterocycles. The Hall–Kier alpha value is -0.110. The largest absolute Gasteiger partial charge is 0.332 e. The lowest BCUT2D eigenvalue weighted by atomic mass is 9.85. The van der Waals surface area contributed by atoms with E-state index in [0.29, 0.717) is 5.92 Å². The Morgan fingerprint density at radius 2 is 1.88 bits per heavy atom. The van der Waals surface area contributed by atoms with Gasteiger partial charge in [0.05, 0.1) is 19.1 Å². The lowest BCUT2D eigenvalue weighted by Gasteiger charge is -2.37. The third-order valence-corrected chi connectivity index (χ3v) is 4.75. The summed E-state index contributed by atoms with van der Waals surface area (Å²) in [6, 6.07) is 0.748. The molecule has 94 valence electrons. The second-order valence-electron chi connectivity index (χ2n) is 6.20. The minimum Gasteiger partial charge on any atom is -0.332 e. The molecule has 1 heterocycles. The van der Waals surface area contributed by atoms with Crippen molar-refractivity contribution in [3.8, 4) is 0 Å². The first-order chi connectivity index (χ1) is 7.66. The summed E-state index contributed by atoms with van der Waals surface area (Å²) in [7, 11) is 0. The minimum absolute atomic E-state index is 0.361. The molecule has 0 aromatic rings. The molecule has 1 N–H and O–H groups in total. The first kappa shape index (κ1) is 12.3. The molecule has 0 spiro atoms. The van der Waals surface area contributed by atoms with Gasteiger partial charge in [0.15, 0.2) is 0 Å². The molecule has 2 heteroatoms. The van der Waals surface area contributed by atoms with Crippen molar-refractivity contribution in [1.82, 2.24) is 0 Å². The van der Waals surface area contributed by atoms with E-state index >= 15 is 0 Å². The highest BCUT2D eigenvalue weighted by Gasteiger charge is 2.33. The molecule has 1 nitrogen and oxygen atoms in total. The van der Waals surface area contributed by atoms with Crippen LogP contribution >= 0.6 is 0 Å². The summed E-state index contributed by atoms with van der Waals surface area (Å²) in [5.74, 6) is 1.24. The average molecular weight is 228 g/mol. The van der Waals surface area contributed by atoms with Gasteiger partial charge >= 0.3 is 0 Å². The number of hydrogen-bond donors (Lipinski definition) is 1. The highest BCUT2D eigenvalue weighted by Crippen LogP contribution is 2.26. The zero-order chi connectivity index (χ0) is 11.5. The highest BCUT2D eigenvalue weighted by molar-refractivity contribution is 4.75. The maximum Gasteiger partial charge on any atom is 0.108 e. The van der Waals surface area contributed by atoms with Crippen molar-refractivity contribution in [1.29, 1.82) is 0 Å². The molecule has 1 saturated carbocycles. The van der Waals surface area contributed by atoms with Crippen molar-refractivity contribution in [2.24, 2.45) is 11.8 Å². The van der Waals surface area contributed by atoms with Crippen LogP contribution < -0.4 is 4.90 Å². The summed E-state index contributed by atoms with van der Waals surface area (Å²) < 4.78 is 13.8. The zero-order valence-corrected chi connectivity index (χ0v) is 10.8. The summed E-state index contributed by atoms with van der Waals surface area (Å²) in [6.45, 7) is 7.06. The summed E-state index contributed by atoms with van der Waals surface area (Å²) in [4.78, 5) is 1.67. The van der Waals surface area contributed by atoms with Gasteiger partial charge in [-0.25, -0.2) is 4.39 Å². The Morgan fingerprint density at radius 3 is 2.56 bits per heavy atom. The van der Waals surface area contributed by atoms with Gasteiger partial charge in [-0.3, -0.25) is 0 Å². The average Bonchev–Trinajstić information content (AvgIpc) is 2.25. The van der Waals surface area contributed by atoms with Gasteiger partial charge < -0.3 is 4.90 Å². The Balaban J connectivity index is 1.83. The van der Waals surface area contributed by atoms with Gasteiger partial charge in [0.2, 0.25) is 0 Å². The topological polar surface area (TPSA) is 4.44 Å².